The zero-order valence-corrected chi connectivity index (χ0v) is 11.0. The van der Waals surface area contributed by atoms with Crippen molar-refractivity contribution in [2.45, 2.75) is 20.3 Å². The van der Waals surface area contributed by atoms with Gasteiger partial charge >= 0.3 is 0 Å². The number of halogens is 1. The third kappa shape index (κ3) is 2.47. The van der Waals surface area contributed by atoms with Gasteiger partial charge in [0.15, 0.2) is 5.13 Å². The maximum Gasteiger partial charge on any atom is 0.183 e. The quantitative estimate of drug-likeness (QED) is 0.874. The smallest absolute Gasteiger partial charge is 0.183 e. The molecule has 0 radical (unpaired) electrons. The van der Waals surface area contributed by atoms with Crippen molar-refractivity contribution < 1.29 is 0 Å². The van der Waals surface area contributed by atoms with E-state index < -0.39 is 0 Å². The van der Waals surface area contributed by atoms with Gasteiger partial charge < -0.3 is 5.32 Å². The Morgan fingerprint density at radius 2 is 2.31 bits per heavy atom. The summed E-state index contributed by atoms with van der Waals surface area (Å²) in [6.07, 6.45) is 1.18. The van der Waals surface area contributed by atoms with Crippen LogP contribution < -0.4 is 5.32 Å². The van der Waals surface area contributed by atoms with Crippen LogP contribution in [0.25, 0.3) is 10.2 Å². The molecule has 0 fully saturated rings. The molecule has 1 atom stereocenters. The van der Waals surface area contributed by atoms with Crippen LogP contribution >= 0.6 is 22.9 Å². The summed E-state index contributed by atoms with van der Waals surface area (Å²) in [7, 11) is 0. The third-order valence-corrected chi connectivity index (χ3v) is 4.15. The van der Waals surface area contributed by atoms with Gasteiger partial charge in [-0.15, -0.1) is 0 Å². The van der Waals surface area contributed by atoms with Crippen LogP contribution in [-0.4, -0.2) is 11.5 Å². The van der Waals surface area contributed by atoms with Crippen molar-refractivity contribution in [2.24, 2.45) is 5.92 Å². The van der Waals surface area contributed by atoms with Crippen molar-refractivity contribution in [1.82, 2.24) is 4.98 Å². The number of nitrogens with one attached hydrogen (secondary N) is 1. The minimum absolute atomic E-state index is 0.669. The first kappa shape index (κ1) is 11.7. The Labute approximate surface area is 105 Å². The van der Waals surface area contributed by atoms with Crippen LogP contribution in [0.2, 0.25) is 5.02 Å². The van der Waals surface area contributed by atoms with Crippen molar-refractivity contribution in [2.75, 3.05) is 11.9 Å². The predicted molar refractivity (Wildman–Crippen MR) is 72.6 cm³/mol. The number of thiazole rings is 1. The number of nitrogens with zero attached hydrogens (tertiary/aromatic N) is 1. The normalized spacial score (nSPS) is 12.9. The molecule has 0 saturated heterocycles. The van der Waals surface area contributed by atoms with E-state index in [1.54, 1.807) is 11.3 Å². The zero-order chi connectivity index (χ0) is 11.5. The molecule has 1 aromatic heterocycles. The monoisotopic (exact) mass is 254 g/mol. The van der Waals surface area contributed by atoms with Gasteiger partial charge in [0, 0.05) is 6.54 Å². The molecule has 0 saturated carbocycles. The molecule has 4 heteroatoms. The highest BCUT2D eigenvalue weighted by molar-refractivity contribution is 7.22. The van der Waals surface area contributed by atoms with Crippen molar-refractivity contribution >= 4 is 38.3 Å². The lowest BCUT2D eigenvalue weighted by Crippen LogP contribution is -2.09. The van der Waals surface area contributed by atoms with Gasteiger partial charge in [0.25, 0.3) is 0 Å². The first-order valence-corrected chi connectivity index (χ1v) is 6.69. The van der Waals surface area contributed by atoms with Crippen molar-refractivity contribution in [3.05, 3.63) is 23.2 Å². The maximum atomic E-state index is 6.10. The van der Waals surface area contributed by atoms with Crippen LogP contribution in [0.3, 0.4) is 0 Å². The fourth-order valence-electron chi connectivity index (χ4n) is 1.40. The zero-order valence-electron chi connectivity index (χ0n) is 9.46. The first-order chi connectivity index (χ1) is 7.70. The molecule has 1 heterocycles. The lowest BCUT2D eigenvalue weighted by atomic mass is 10.1. The van der Waals surface area contributed by atoms with Gasteiger partial charge in [0.1, 0.15) is 0 Å². The first-order valence-electron chi connectivity index (χ1n) is 5.49. The van der Waals surface area contributed by atoms with E-state index >= 15 is 0 Å². The number of rotatable bonds is 4. The highest BCUT2D eigenvalue weighted by Crippen LogP contribution is 2.31. The summed E-state index contributed by atoms with van der Waals surface area (Å²) in [5.41, 5.74) is 0.976. The number of anilines is 1. The molecule has 0 aliphatic rings. The van der Waals surface area contributed by atoms with Gasteiger partial charge in [-0.1, -0.05) is 49.3 Å². The Balaban J connectivity index is 2.17. The van der Waals surface area contributed by atoms with Crippen LogP contribution in [0.1, 0.15) is 20.3 Å². The summed E-state index contributed by atoms with van der Waals surface area (Å²) in [6, 6.07) is 5.83. The van der Waals surface area contributed by atoms with Crippen LogP contribution in [0.15, 0.2) is 18.2 Å². The number of aromatic nitrogens is 1. The van der Waals surface area contributed by atoms with Crippen LogP contribution in [-0.2, 0) is 0 Å². The third-order valence-electron chi connectivity index (χ3n) is 2.67. The Kier molecular flexibility index (Phi) is 3.66. The molecule has 0 bridgehead atoms. The Bertz CT molecular complexity index is 481. The van der Waals surface area contributed by atoms with E-state index in [1.165, 1.54) is 6.42 Å². The van der Waals surface area contributed by atoms with Crippen LogP contribution in [0.4, 0.5) is 5.13 Å². The number of benzene rings is 1. The van der Waals surface area contributed by atoms with E-state index in [1.807, 2.05) is 18.2 Å². The summed E-state index contributed by atoms with van der Waals surface area (Å²) in [5, 5.41) is 5.11. The van der Waals surface area contributed by atoms with Crippen LogP contribution in [0, 0.1) is 5.92 Å². The Morgan fingerprint density at radius 1 is 1.50 bits per heavy atom. The molecule has 2 nitrogen and oxygen atoms in total. The highest BCUT2D eigenvalue weighted by atomic mass is 35.5. The SMILES string of the molecule is CCC(C)CNc1nc2cccc(Cl)c2s1. The lowest BCUT2D eigenvalue weighted by Gasteiger charge is -2.07. The van der Waals surface area contributed by atoms with E-state index in [2.05, 4.69) is 24.1 Å². The average molecular weight is 255 g/mol. The van der Waals surface area contributed by atoms with Gasteiger partial charge in [-0.25, -0.2) is 4.98 Å². The lowest BCUT2D eigenvalue weighted by molar-refractivity contribution is 0.593. The molecule has 1 aromatic carbocycles. The van der Waals surface area contributed by atoms with E-state index in [9.17, 15) is 0 Å². The summed E-state index contributed by atoms with van der Waals surface area (Å²) >= 11 is 7.73. The molecule has 1 N–H and O–H groups in total. The van der Waals surface area contributed by atoms with Crippen LogP contribution in [0.5, 0.6) is 0 Å². The Morgan fingerprint density at radius 3 is 3.00 bits per heavy atom. The molecule has 1 unspecified atom stereocenters. The molecule has 0 amide bonds. The summed E-state index contributed by atoms with van der Waals surface area (Å²) in [5.74, 6) is 0.669. The van der Waals surface area contributed by atoms with Gasteiger partial charge in [-0.05, 0) is 18.1 Å². The van der Waals surface area contributed by atoms with Gasteiger partial charge in [0.05, 0.1) is 15.2 Å². The average Bonchev–Trinajstić information content (AvgIpc) is 2.70. The number of hydrogen-bond donors (Lipinski definition) is 1. The fourth-order valence-corrected chi connectivity index (χ4v) is 2.56. The van der Waals surface area contributed by atoms with E-state index in [4.69, 9.17) is 11.6 Å². The molecule has 16 heavy (non-hydrogen) atoms. The predicted octanol–water partition coefficient (Wildman–Crippen LogP) is 4.41. The highest BCUT2D eigenvalue weighted by Gasteiger charge is 2.07. The molecular formula is C12H15ClN2S. The second-order valence-corrected chi connectivity index (χ2v) is 5.41. The molecule has 2 aromatic rings. The minimum Gasteiger partial charge on any atom is -0.361 e. The number of hydrogen-bond acceptors (Lipinski definition) is 3. The standard InChI is InChI=1S/C12H15ClN2S/c1-3-8(2)7-14-12-15-10-6-4-5-9(13)11(10)16-12/h4-6,8H,3,7H2,1-2H3,(H,14,15). The molecular weight excluding hydrogens is 240 g/mol. The second kappa shape index (κ2) is 5.02. The summed E-state index contributed by atoms with van der Waals surface area (Å²) in [6.45, 7) is 5.39. The molecule has 0 aliphatic heterocycles. The minimum atomic E-state index is 0.669. The fraction of sp³-hybridized carbons (Fsp3) is 0.417. The summed E-state index contributed by atoms with van der Waals surface area (Å²) < 4.78 is 1.07. The van der Waals surface area contributed by atoms with Crippen molar-refractivity contribution in [3.8, 4) is 0 Å². The van der Waals surface area contributed by atoms with Crippen molar-refractivity contribution in [1.29, 1.82) is 0 Å². The van der Waals surface area contributed by atoms with Gasteiger partial charge in [0.2, 0.25) is 0 Å². The van der Waals surface area contributed by atoms with E-state index in [0.29, 0.717) is 5.92 Å². The van der Waals surface area contributed by atoms with Gasteiger partial charge in [-0.2, -0.15) is 0 Å². The van der Waals surface area contributed by atoms with E-state index in [0.717, 1.165) is 26.9 Å². The second-order valence-electron chi connectivity index (χ2n) is 4.00. The van der Waals surface area contributed by atoms with Crippen molar-refractivity contribution in [3.63, 3.8) is 0 Å². The Hall–Kier alpha value is -0.800. The molecule has 0 spiro atoms. The molecule has 0 aliphatic carbocycles. The largest absolute Gasteiger partial charge is 0.361 e. The maximum absolute atomic E-state index is 6.10. The topological polar surface area (TPSA) is 24.9 Å². The number of fused-ring (bicyclic) bond motifs is 1. The molecule has 86 valence electrons. The molecule has 2 rings (SSSR count). The van der Waals surface area contributed by atoms with E-state index in [-0.39, 0.29) is 0 Å². The summed E-state index contributed by atoms with van der Waals surface area (Å²) in [4.78, 5) is 4.50. The van der Waals surface area contributed by atoms with Gasteiger partial charge in [-0.3, -0.25) is 0 Å².